The van der Waals surface area contributed by atoms with Gasteiger partial charge in [0, 0.05) is 22.8 Å². The summed E-state index contributed by atoms with van der Waals surface area (Å²) in [5.41, 5.74) is 2.35. The molecule has 1 atom stereocenters. The lowest BCUT2D eigenvalue weighted by Crippen LogP contribution is -2.18. The van der Waals surface area contributed by atoms with Crippen LogP contribution in [0.15, 0.2) is 60.9 Å². The number of hydrogen-bond donors (Lipinski definition) is 1. The Morgan fingerprint density at radius 1 is 1.00 bits per heavy atom. The summed E-state index contributed by atoms with van der Waals surface area (Å²) in [6.45, 7) is 0. The molecule has 0 aliphatic heterocycles. The van der Waals surface area contributed by atoms with Gasteiger partial charge in [0.15, 0.2) is 0 Å². The Balaban J connectivity index is 2.14. The van der Waals surface area contributed by atoms with Crippen LogP contribution in [0.1, 0.15) is 17.2 Å². The molecule has 100 valence electrons. The summed E-state index contributed by atoms with van der Waals surface area (Å²) in [5.74, 6) is 0. The second-order valence-electron chi connectivity index (χ2n) is 4.72. The fourth-order valence-electron chi connectivity index (χ4n) is 2.53. The van der Waals surface area contributed by atoms with E-state index in [-0.39, 0.29) is 6.04 Å². The molecule has 1 heterocycles. The van der Waals surface area contributed by atoms with Crippen molar-refractivity contribution in [3.8, 4) is 0 Å². The van der Waals surface area contributed by atoms with Gasteiger partial charge in [0.05, 0.1) is 6.04 Å². The number of halogens is 1. The Labute approximate surface area is 123 Å². The van der Waals surface area contributed by atoms with Crippen LogP contribution < -0.4 is 5.32 Å². The van der Waals surface area contributed by atoms with Gasteiger partial charge in [-0.05, 0) is 35.7 Å². The summed E-state index contributed by atoms with van der Waals surface area (Å²) in [6, 6.07) is 16.3. The molecule has 0 spiro atoms. The molecule has 3 heteroatoms. The van der Waals surface area contributed by atoms with Crippen molar-refractivity contribution in [2.75, 3.05) is 7.05 Å². The van der Waals surface area contributed by atoms with Crippen molar-refractivity contribution in [2.24, 2.45) is 0 Å². The second kappa shape index (κ2) is 5.61. The van der Waals surface area contributed by atoms with Crippen LogP contribution in [-0.4, -0.2) is 12.0 Å². The minimum Gasteiger partial charge on any atom is -0.309 e. The number of nitrogens with one attached hydrogen (secondary N) is 1. The number of fused-ring (bicyclic) bond motifs is 1. The lowest BCUT2D eigenvalue weighted by atomic mass is 9.96. The van der Waals surface area contributed by atoms with Crippen molar-refractivity contribution in [2.45, 2.75) is 6.04 Å². The van der Waals surface area contributed by atoms with Crippen LogP contribution >= 0.6 is 11.6 Å². The van der Waals surface area contributed by atoms with Crippen molar-refractivity contribution >= 4 is 22.4 Å². The SMILES string of the molecule is CNC(c1ccc(Cl)cc1)c1cncc2ccccc12. The van der Waals surface area contributed by atoms with E-state index >= 15 is 0 Å². The molecule has 0 radical (unpaired) electrons. The lowest BCUT2D eigenvalue weighted by molar-refractivity contribution is 0.694. The topological polar surface area (TPSA) is 24.9 Å². The molecule has 3 aromatic rings. The summed E-state index contributed by atoms with van der Waals surface area (Å²) in [4.78, 5) is 4.36. The molecule has 0 aliphatic carbocycles. The van der Waals surface area contributed by atoms with Gasteiger partial charge in [0.2, 0.25) is 0 Å². The minimum absolute atomic E-state index is 0.103. The molecule has 0 aliphatic rings. The molecule has 20 heavy (non-hydrogen) atoms. The van der Waals surface area contributed by atoms with E-state index in [1.165, 1.54) is 16.5 Å². The molecular formula is C17H15ClN2. The van der Waals surface area contributed by atoms with Gasteiger partial charge in [-0.25, -0.2) is 0 Å². The minimum atomic E-state index is 0.103. The maximum absolute atomic E-state index is 5.97. The van der Waals surface area contributed by atoms with E-state index in [0.29, 0.717) is 0 Å². The highest BCUT2D eigenvalue weighted by Gasteiger charge is 2.14. The van der Waals surface area contributed by atoms with Gasteiger partial charge in [-0.3, -0.25) is 4.98 Å². The van der Waals surface area contributed by atoms with Gasteiger partial charge in [0.25, 0.3) is 0 Å². The molecule has 1 aromatic heterocycles. The zero-order valence-electron chi connectivity index (χ0n) is 11.2. The van der Waals surface area contributed by atoms with Crippen LogP contribution in [0.3, 0.4) is 0 Å². The lowest BCUT2D eigenvalue weighted by Gasteiger charge is -2.19. The molecule has 1 N–H and O–H groups in total. The van der Waals surface area contributed by atoms with Crippen molar-refractivity contribution in [1.82, 2.24) is 10.3 Å². The zero-order valence-corrected chi connectivity index (χ0v) is 11.9. The molecule has 0 bridgehead atoms. The van der Waals surface area contributed by atoms with E-state index in [4.69, 9.17) is 11.6 Å². The van der Waals surface area contributed by atoms with Gasteiger partial charge >= 0.3 is 0 Å². The quantitative estimate of drug-likeness (QED) is 0.779. The van der Waals surface area contributed by atoms with E-state index in [2.05, 4.69) is 28.5 Å². The van der Waals surface area contributed by atoms with E-state index in [1.54, 1.807) is 0 Å². The summed E-state index contributed by atoms with van der Waals surface area (Å²) in [5, 5.41) is 6.48. The highest BCUT2D eigenvalue weighted by molar-refractivity contribution is 6.30. The molecular weight excluding hydrogens is 268 g/mol. The smallest absolute Gasteiger partial charge is 0.0595 e. The number of pyridine rings is 1. The third-order valence-corrected chi connectivity index (χ3v) is 3.75. The summed E-state index contributed by atoms with van der Waals surface area (Å²) >= 11 is 5.97. The van der Waals surface area contributed by atoms with Crippen LogP contribution in [0.2, 0.25) is 5.02 Å². The molecule has 0 saturated carbocycles. The fourth-order valence-corrected chi connectivity index (χ4v) is 2.65. The van der Waals surface area contributed by atoms with Crippen molar-refractivity contribution < 1.29 is 0 Å². The van der Waals surface area contributed by atoms with Crippen LogP contribution in [-0.2, 0) is 0 Å². The summed E-state index contributed by atoms with van der Waals surface area (Å²) in [7, 11) is 1.96. The predicted octanol–water partition coefficient (Wildman–Crippen LogP) is 4.20. The number of nitrogens with zero attached hydrogens (tertiary/aromatic N) is 1. The van der Waals surface area contributed by atoms with Crippen LogP contribution in [0.4, 0.5) is 0 Å². The van der Waals surface area contributed by atoms with Crippen molar-refractivity contribution in [3.63, 3.8) is 0 Å². The average Bonchev–Trinajstić information content (AvgIpc) is 2.50. The maximum atomic E-state index is 5.97. The largest absolute Gasteiger partial charge is 0.309 e. The standard InChI is InChI=1S/C17H15ClN2/c1-19-17(12-6-8-14(18)9-7-12)16-11-20-10-13-4-2-3-5-15(13)16/h2-11,17,19H,1H3. The third-order valence-electron chi connectivity index (χ3n) is 3.50. The van der Waals surface area contributed by atoms with Gasteiger partial charge < -0.3 is 5.32 Å². The fraction of sp³-hybridized carbons (Fsp3) is 0.118. The Kier molecular flexibility index (Phi) is 3.68. The van der Waals surface area contributed by atoms with Crippen LogP contribution in [0.25, 0.3) is 10.8 Å². The van der Waals surface area contributed by atoms with E-state index in [1.807, 2.05) is 49.8 Å². The molecule has 0 saturated heterocycles. The highest BCUT2D eigenvalue weighted by atomic mass is 35.5. The molecule has 1 unspecified atom stereocenters. The highest BCUT2D eigenvalue weighted by Crippen LogP contribution is 2.28. The van der Waals surface area contributed by atoms with Gasteiger partial charge in [-0.1, -0.05) is 48.0 Å². The van der Waals surface area contributed by atoms with Crippen LogP contribution in [0, 0.1) is 0 Å². The van der Waals surface area contributed by atoms with Gasteiger partial charge in [0.1, 0.15) is 0 Å². The Morgan fingerprint density at radius 3 is 2.50 bits per heavy atom. The zero-order chi connectivity index (χ0) is 13.9. The first-order valence-corrected chi connectivity index (χ1v) is 6.93. The van der Waals surface area contributed by atoms with E-state index < -0.39 is 0 Å². The van der Waals surface area contributed by atoms with E-state index in [0.717, 1.165) is 10.4 Å². The van der Waals surface area contributed by atoms with Gasteiger partial charge in [-0.15, -0.1) is 0 Å². The molecule has 3 rings (SSSR count). The Hall–Kier alpha value is -1.90. The Morgan fingerprint density at radius 2 is 1.75 bits per heavy atom. The number of benzene rings is 2. The predicted molar refractivity (Wildman–Crippen MR) is 84.1 cm³/mol. The maximum Gasteiger partial charge on any atom is 0.0595 e. The number of aromatic nitrogens is 1. The van der Waals surface area contributed by atoms with Crippen LogP contribution in [0.5, 0.6) is 0 Å². The second-order valence-corrected chi connectivity index (χ2v) is 5.16. The Bertz CT molecular complexity index is 717. The first kappa shape index (κ1) is 13.1. The first-order valence-electron chi connectivity index (χ1n) is 6.55. The average molecular weight is 283 g/mol. The molecule has 2 aromatic carbocycles. The van der Waals surface area contributed by atoms with Crippen molar-refractivity contribution in [3.05, 3.63) is 77.1 Å². The monoisotopic (exact) mass is 282 g/mol. The summed E-state index contributed by atoms with van der Waals surface area (Å²) in [6.07, 6.45) is 3.82. The first-order chi connectivity index (χ1) is 9.79. The summed E-state index contributed by atoms with van der Waals surface area (Å²) < 4.78 is 0. The molecule has 2 nitrogen and oxygen atoms in total. The number of hydrogen-bond acceptors (Lipinski definition) is 2. The number of rotatable bonds is 3. The van der Waals surface area contributed by atoms with Crippen molar-refractivity contribution in [1.29, 1.82) is 0 Å². The third kappa shape index (κ3) is 2.40. The normalized spacial score (nSPS) is 12.5. The van der Waals surface area contributed by atoms with E-state index in [9.17, 15) is 0 Å². The molecule has 0 fully saturated rings. The molecule has 0 amide bonds. The van der Waals surface area contributed by atoms with Gasteiger partial charge in [-0.2, -0.15) is 0 Å².